The van der Waals surface area contributed by atoms with Crippen LogP contribution < -0.4 is 9.80 Å². The lowest BCUT2D eigenvalue weighted by atomic mass is 9.87. The molecule has 2 aromatic heterocycles. The summed E-state index contributed by atoms with van der Waals surface area (Å²) in [5, 5.41) is 10.9. The van der Waals surface area contributed by atoms with Crippen molar-refractivity contribution < 1.29 is 9.50 Å². The Morgan fingerprint density at radius 2 is 1.79 bits per heavy atom. The van der Waals surface area contributed by atoms with E-state index in [9.17, 15) is 5.11 Å². The number of β-amino-alcohol motifs (C(OH)–C–C–N with tert-alkyl or cyclic N) is 1. The average molecular weight is 448 g/mol. The third kappa shape index (κ3) is 3.82. The van der Waals surface area contributed by atoms with Crippen molar-refractivity contribution in [2.24, 2.45) is 0 Å². The van der Waals surface area contributed by atoms with Gasteiger partial charge in [0, 0.05) is 31.6 Å². The van der Waals surface area contributed by atoms with Gasteiger partial charge in [-0.2, -0.15) is 0 Å². The van der Waals surface area contributed by atoms with Gasteiger partial charge in [-0.1, -0.05) is 24.3 Å². The molecule has 0 unspecified atom stereocenters. The molecule has 3 fully saturated rings. The highest BCUT2D eigenvalue weighted by Crippen LogP contribution is 2.49. The molecule has 0 radical (unpaired) electrons. The average Bonchev–Trinajstić information content (AvgIpc) is 3.45. The lowest BCUT2D eigenvalue weighted by Crippen LogP contribution is -2.34. The molecule has 4 heterocycles. The largest absolute Gasteiger partial charge is 0.391 e. The zero-order valence-corrected chi connectivity index (χ0v) is 19.0. The summed E-state index contributed by atoms with van der Waals surface area (Å²) in [5.74, 6) is 2.49. The number of aromatic nitrogens is 3. The molecule has 0 bridgehead atoms. The smallest absolute Gasteiger partial charge is 0.170 e. The van der Waals surface area contributed by atoms with Gasteiger partial charge in [-0.3, -0.25) is 0 Å². The predicted molar refractivity (Wildman–Crippen MR) is 128 cm³/mol. The normalized spacial score (nSPS) is 22.8. The summed E-state index contributed by atoms with van der Waals surface area (Å²) in [7, 11) is 0. The van der Waals surface area contributed by atoms with Crippen molar-refractivity contribution in [2.45, 2.75) is 56.7 Å². The monoisotopic (exact) mass is 447 g/mol. The van der Waals surface area contributed by atoms with E-state index < -0.39 is 5.67 Å². The molecule has 3 aliphatic rings. The molecule has 2 saturated heterocycles. The Balaban J connectivity index is 1.34. The Morgan fingerprint density at radius 3 is 2.48 bits per heavy atom. The summed E-state index contributed by atoms with van der Waals surface area (Å²) in [6.07, 6.45) is 5.25. The number of halogens is 1. The van der Waals surface area contributed by atoms with Crippen molar-refractivity contribution in [2.75, 3.05) is 36.0 Å². The van der Waals surface area contributed by atoms with Crippen molar-refractivity contribution in [1.82, 2.24) is 15.0 Å². The number of hydrogen-bond donors (Lipinski definition) is 1. The van der Waals surface area contributed by atoms with Crippen molar-refractivity contribution in [3.8, 4) is 0 Å². The highest BCUT2D eigenvalue weighted by molar-refractivity contribution is 5.91. The zero-order valence-electron chi connectivity index (χ0n) is 19.0. The molecule has 33 heavy (non-hydrogen) atoms. The van der Waals surface area contributed by atoms with Gasteiger partial charge in [-0.25, -0.2) is 19.3 Å². The van der Waals surface area contributed by atoms with Crippen LogP contribution in [0.3, 0.4) is 0 Å². The first-order chi connectivity index (χ1) is 16.0. The minimum absolute atomic E-state index is 0.303. The lowest BCUT2D eigenvalue weighted by molar-refractivity contribution is 0.198. The van der Waals surface area contributed by atoms with Gasteiger partial charge in [-0.15, -0.1) is 0 Å². The van der Waals surface area contributed by atoms with Gasteiger partial charge >= 0.3 is 0 Å². The first-order valence-electron chi connectivity index (χ1n) is 12.1. The number of anilines is 2. The summed E-state index contributed by atoms with van der Waals surface area (Å²) >= 11 is 0. The fraction of sp³-hybridized carbons (Fsp3) is 0.500. The minimum atomic E-state index is -1.39. The molecule has 0 spiro atoms. The number of rotatable bonds is 4. The zero-order chi connectivity index (χ0) is 22.6. The number of fused-ring (bicyclic) bond motifs is 1. The van der Waals surface area contributed by atoms with Gasteiger partial charge in [0.1, 0.15) is 11.6 Å². The number of aryl methyl sites for hydroxylation is 1. The molecule has 172 valence electrons. The maximum atomic E-state index is 15.0. The van der Waals surface area contributed by atoms with Crippen LogP contribution in [0, 0.1) is 6.92 Å². The molecule has 1 saturated carbocycles. The van der Waals surface area contributed by atoms with Crippen molar-refractivity contribution in [1.29, 1.82) is 0 Å². The van der Waals surface area contributed by atoms with E-state index in [1.807, 2.05) is 6.07 Å². The summed E-state index contributed by atoms with van der Waals surface area (Å²) in [6, 6.07) is 10.7. The number of alkyl halides is 1. The molecule has 6 nitrogen and oxygen atoms in total. The first kappa shape index (κ1) is 20.8. The SMILES string of the molecule is Cc1ccccc1C1CCN(c2nc(C3(F)CC3)nc3cnc(N4CC[C@H](O)C4)cc23)CC1. The molecule has 3 aromatic rings. The number of nitrogens with zero attached hydrogens (tertiary/aromatic N) is 5. The summed E-state index contributed by atoms with van der Waals surface area (Å²) in [6.45, 7) is 5.31. The van der Waals surface area contributed by atoms with Crippen LogP contribution in [0.5, 0.6) is 0 Å². The second kappa shape index (κ2) is 7.90. The van der Waals surface area contributed by atoms with Gasteiger partial charge in [0.25, 0.3) is 0 Å². The van der Waals surface area contributed by atoms with Crippen LogP contribution in [0.1, 0.15) is 55.0 Å². The van der Waals surface area contributed by atoms with E-state index in [-0.39, 0.29) is 6.10 Å². The standard InChI is InChI=1S/C26H30FN5O/c1-17-4-2-3-5-20(17)18-6-11-31(12-7-18)24-21-14-23(32-13-8-19(33)16-32)28-15-22(21)29-25(30-24)26(27)9-10-26/h2-5,14-15,18-19,33H,6-13,16H2,1H3/t19-/m0/s1. The van der Waals surface area contributed by atoms with Crippen LogP contribution in [0.4, 0.5) is 16.0 Å². The van der Waals surface area contributed by atoms with E-state index >= 15 is 4.39 Å². The van der Waals surface area contributed by atoms with Crippen LogP contribution in [-0.4, -0.2) is 52.3 Å². The molecule has 7 heteroatoms. The third-order valence-corrected chi connectivity index (χ3v) is 7.55. The maximum Gasteiger partial charge on any atom is 0.170 e. The maximum absolute atomic E-state index is 15.0. The van der Waals surface area contributed by atoms with Gasteiger partial charge in [0.15, 0.2) is 11.5 Å². The van der Waals surface area contributed by atoms with Crippen LogP contribution in [0.15, 0.2) is 36.5 Å². The van der Waals surface area contributed by atoms with Gasteiger partial charge in [-0.05, 0) is 62.1 Å². The quantitative estimate of drug-likeness (QED) is 0.645. The van der Waals surface area contributed by atoms with E-state index in [1.165, 1.54) is 11.1 Å². The number of hydrogen-bond acceptors (Lipinski definition) is 6. The van der Waals surface area contributed by atoms with Crippen molar-refractivity contribution in [3.05, 3.63) is 53.5 Å². The molecular formula is C26H30FN5O. The Morgan fingerprint density at radius 1 is 1.03 bits per heavy atom. The van der Waals surface area contributed by atoms with Gasteiger partial charge in [0.05, 0.1) is 17.8 Å². The fourth-order valence-electron chi connectivity index (χ4n) is 5.35. The van der Waals surface area contributed by atoms with Crippen LogP contribution in [0.2, 0.25) is 0 Å². The van der Waals surface area contributed by atoms with Crippen molar-refractivity contribution >= 4 is 22.5 Å². The molecule has 1 aromatic carbocycles. The first-order valence-corrected chi connectivity index (χ1v) is 12.1. The predicted octanol–water partition coefficient (Wildman–Crippen LogP) is 4.25. The summed E-state index contributed by atoms with van der Waals surface area (Å²) in [5.41, 5.74) is 2.09. The van der Waals surface area contributed by atoms with Crippen LogP contribution >= 0.6 is 0 Å². The molecule has 6 rings (SSSR count). The fourth-order valence-corrected chi connectivity index (χ4v) is 5.35. The van der Waals surface area contributed by atoms with E-state index in [2.05, 4.69) is 51.0 Å². The number of benzene rings is 1. The molecule has 0 amide bonds. The van der Waals surface area contributed by atoms with E-state index in [1.54, 1.807) is 6.20 Å². The number of aliphatic hydroxyl groups excluding tert-OH is 1. The highest BCUT2D eigenvalue weighted by Gasteiger charge is 2.48. The molecule has 1 aliphatic carbocycles. The third-order valence-electron chi connectivity index (χ3n) is 7.55. The number of aliphatic hydroxyl groups is 1. The van der Waals surface area contributed by atoms with E-state index in [0.29, 0.717) is 36.6 Å². The van der Waals surface area contributed by atoms with Crippen LogP contribution in [0.25, 0.3) is 10.9 Å². The number of pyridine rings is 1. The van der Waals surface area contributed by atoms with Crippen LogP contribution in [-0.2, 0) is 5.67 Å². The molecular weight excluding hydrogens is 417 g/mol. The van der Waals surface area contributed by atoms with E-state index in [4.69, 9.17) is 4.98 Å². The lowest BCUT2D eigenvalue weighted by Gasteiger charge is -2.34. The second-order valence-corrected chi connectivity index (χ2v) is 9.90. The molecule has 2 aliphatic heterocycles. The van der Waals surface area contributed by atoms with Gasteiger partial charge < -0.3 is 14.9 Å². The Bertz CT molecular complexity index is 1190. The van der Waals surface area contributed by atoms with E-state index in [0.717, 1.165) is 55.9 Å². The Kier molecular flexibility index (Phi) is 4.98. The second-order valence-electron chi connectivity index (χ2n) is 9.90. The highest BCUT2D eigenvalue weighted by atomic mass is 19.1. The van der Waals surface area contributed by atoms with Crippen molar-refractivity contribution in [3.63, 3.8) is 0 Å². The minimum Gasteiger partial charge on any atom is -0.391 e. The molecule has 1 atom stereocenters. The Hall–Kier alpha value is -2.80. The topological polar surface area (TPSA) is 65.4 Å². The summed E-state index contributed by atoms with van der Waals surface area (Å²) in [4.78, 5) is 18.4. The summed E-state index contributed by atoms with van der Waals surface area (Å²) < 4.78 is 15.0. The van der Waals surface area contributed by atoms with Gasteiger partial charge in [0.2, 0.25) is 0 Å². The number of piperidine rings is 1. The molecule has 1 N–H and O–H groups in total. The Labute approximate surface area is 193 Å².